The maximum atomic E-state index is 11.3. The molecule has 98 valence electrons. The number of hydrogen-bond donors (Lipinski definition) is 2. The Morgan fingerprint density at radius 1 is 1.22 bits per heavy atom. The zero-order chi connectivity index (χ0) is 13.4. The fourth-order valence-corrected chi connectivity index (χ4v) is 1.69. The SMILES string of the molecule is CC(CCNC(=O)CCC(=O)O)c1ccccc1. The molecule has 0 aliphatic rings. The molecule has 0 saturated heterocycles. The van der Waals surface area contributed by atoms with Gasteiger partial charge in [-0.15, -0.1) is 0 Å². The van der Waals surface area contributed by atoms with E-state index in [0.717, 1.165) is 6.42 Å². The molecule has 0 aromatic heterocycles. The second-order valence-corrected chi connectivity index (χ2v) is 4.34. The van der Waals surface area contributed by atoms with E-state index in [0.29, 0.717) is 12.5 Å². The molecule has 0 saturated carbocycles. The molecule has 0 spiro atoms. The molecule has 1 amide bonds. The Morgan fingerprint density at radius 3 is 2.50 bits per heavy atom. The highest BCUT2D eigenvalue weighted by Gasteiger charge is 2.07. The number of carboxylic acids is 1. The Hall–Kier alpha value is -1.84. The van der Waals surface area contributed by atoms with Crippen molar-refractivity contribution in [1.29, 1.82) is 0 Å². The van der Waals surface area contributed by atoms with Crippen LogP contribution < -0.4 is 5.32 Å². The molecule has 1 unspecified atom stereocenters. The van der Waals surface area contributed by atoms with E-state index in [1.165, 1.54) is 5.56 Å². The van der Waals surface area contributed by atoms with Crippen molar-refractivity contribution in [1.82, 2.24) is 5.32 Å². The summed E-state index contributed by atoms with van der Waals surface area (Å²) in [5, 5.41) is 11.2. The summed E-state index contributed by atoms with van der Waals surface area (Å²) in [6.45, 7) is 2.69. The third kappa shape index (κ3) is 5.48. The number of rotatable bonds is 7. The van der Waals surface area contributed by atoms with Crippen molar-refractivity contribution in [3.63, 3.8) is 0 Å². The van der Waals surface area contributed by atoms with Crippen LogP contribution in [0.1, 0.15) is 37.7 Å². The number of hydrogen-bond acceptors (Lipinski definition) is 2. The average molecular weight is 249 g/mol. The van der Waals surface area contributed by atoms with Crippen LogP contribution in [0.2, 0.25) is 0 Å². The van der Waals surface area contributed by atoms with Crippen molar-refractivity contribution >= 4 is 11.9 Å². The molecule has 0 aliphatic carbocycles. The maximum absolute atomic E-state index is 11.3. The van der Waals surface area contributed by atoms with E-state index in [4.69, 9.17) is 5.11 Å². The van der Waals surface area contributed by atoms with Gasteiger partial charge in [0.25, 0.3) is 0 Å². The van der Waals surface area contributed by atoms with Gasteiger partial charge >= 0.3 is 5.97 Å². The zero-order valence-electron chi connectivity index (χ0n) is 10.6. The lowest BCUT2D eigenvalue weighted by Crippen LogP contribution is -2.25. The predicted molar refractivity (Wildman–Crippen MR) is 69.4 cm³/mol. The van der Waals surface area contributed by atoms with E-state index in [9.17, 15) is 9.59 Å². The molecule has 0 fully saturated rings. The molecule has 0 radical (unpaired) electrons. The van der Waals surface area contributed by atoms with Crippen LogP contribution in [0.25, 0.3) is 0 Å². The summed E-state index contributed by atoms with van der Waals surface area (Å²) in [5.41, 5.74) is 1.25. The van der Waals surface area contributed by atoms with Crippen LogP contribution >= 0.6 is 0 Å². The van der Waals surface area contributed by atoms with E-state index in [-0.39, 0.29) is 18.7 Å². The van der Waals surface area contributed by atoms with Crippen molar-refractivity contribution in [3.05, 3.63) is 35.9 Å². The van der Waals surface area contributed by atoms with Gasteiger partial charge in [-0.3, -0.25) is 9.59 Å². The second kappa shape index (κ2) is 7.48. The third-order valence-corrected chi connectivity index (χ3v) is 2.83. The molecular weight excluding hydrogens is 230 g/mol. The van der Waals surface area contributed by atoms with Gasteiger partial charge in [0.05, 0.1) is 6.42 Å². The minimum absolute atomic E-state index is 0.0506. The van der Waals surface area contributed by atoms with Crippen molar-refractivity contribution in [2.24, 2.45) is 0 Å². The monoisotopic (exact) mass is 249 g/mol. The van der Waals surface area contributed by atoms with Gasteiger partial charge in [0.2, 0.25) is 5.91 Å². The highest BCUT2D eigenvalue weighted by molar-refractivity contribution is 5.80. The molecule has 0 bridgehead atoms. The third-order valence-electron chi connectivity index (χ3n) is 2.83. The van der Waals surface area contributed by atoms with Gasteiger partial charge in [-0.05, 0) is 17.9 Å². The van der Waals surface area contributed by atoms with Gasteiger partial charge < -0.3 is 10.4 Å². The first kappa shape index (κ1) is 14.2. The average Bonchev–Trinajstić information content (AvgIpc) is 2.37. The highest BCUT2D eigenvalue weighted by atomic mass is 16.4. The summed E-state index contributed by atoms with van der Waals surface area (Å²) in [6, 6.07) is 10.1. The lowest BCUT2D eigenvalue weighted by molar-refractivity contribution is -0.138. The zero-order valence-corrected chi connectivity index (χ0v) is 10.6. The van der Waals surface area contributed by atoms with Crippen LogP contribution in [0.4, 0.5) is 0 Å². The topological polar surface area (TPSA) is 66.4 Å². The second-order valence-electron chi connectivity index (χ2n) is 4.34. The summed E-state index contributed by atoms with van der Waals surface area (Å²) >= 11 is 0. The van der Waals surface area contributed by atoms with Crippen molar-refractivity contribution < 1.29 is 14.7 Å². The number of nitrogens with one attached hydrogen (secondary N) is 1. The standard InChI is InChI=1S/C14H19NO3/c1-11(12-5-3-2-4-6-12)9-10-15-13(16)7-8-14(17)18/h2-6,11H,7-10H2,1H3,(H,15,16)(H,17,18). The number of carbonyl (C=O) groups is 2. The quantitative estimate of drug-likeness (QED) is 0.778. The summed E-state index contributed by atoms with van der Waals surface area (Å²) in [7, 11) is 0. The Labute approximate surface area is 107 Å². The lowest BCUT2D eigenvalue weighted by Gasteiger charge is -2.12. The van der Waals surface area contributed by atoms with Gasteiger partial charge in [0, 0.05) is 13.0 Å². The predicted octanol–water partition coefficient (Wildman–Crippen LogP) is 2.16. The Balaban J connectivity index is 2.21. The van der Waals surface area contributed by atoms with E-state index < -0.39 is 5.97 Å². The molecule has 1 aromatic rings. The number of aliphatic carboxylic acids is 1. The first-order valence-corrected chi connectivity index (χ1v) is 6.13. The van der Waals surface area contributed by atoms with Crippen molar-refractivity contribution in [2.45, 2.75) is 32.1 Å². The van der Waals surface area contributed by atoms with Crippen LogP contribution in [0.5, 0.6) is 0 Å². The number of carboxylic acid groups (broad SMARTS) is 1. The van der Waals surface area contributed by atoms with Crippen LogP contribution in [0.15, 0.2) is 30.3 Å². The summed E-state index contributed by atoms with van der Waals surface area (Å²) in [5.74, 6) is -0.758. The molecule has 4 heteroatoms. The van der Waals surface area contributed by atoms with E-state index in [2.05, 4.69) is 24.4 Å². The minimum atomic E-state index is -0.942. The highest BCUT2D eigenvalue weighted by Crippen LogP contribution is 2.17. The van der Waals surface area contributed by atoms with Crippen molar-refractivity contribution in [2.75, 3.05) is 6.54 Å². The smallest absolute Gasteiger partial charge is 0.303 e. The molecule has 1 rings (SSSR count). The number of benzene rings is 1. The summed E-state index contributed by atoms with van der Waals surface area (Å²) in [6.07, 6.45) is 0.790. The summed E-state index contributed by atoms with van der Waals surface area (Å²) < 4.78 is 0. The van der Waals surface area contributed by atoms with E-state index in [1.54, 1.807) is 0 Å². The molecule has 0 heterocycles. The maximum Gasteiger partial charge on any atom is 0.303 e. The lowest BCUT2D eigenvalue weighted by atomic mass is 9.98. The molecule has 1 atom stereocenters. The number of amides is 1. The van der Waals surface area contributed by atoms with Gasteiger partial charge in [-0.25, -0.2) is 0 Å². The van der Waals surface area contributed by atoms with Gasteiger partial charge in [-0.1, -0.05) is 37.3 Å². The van der Waals surface area contributed by atoms with Crippen LogP contribution in [0.3, 0.4) is 0 Å². The minimum Gasteiger partial charge on any atom is -0.481 e. The van der Waals surface area contributed by atoms with Crippen LogP contribution in [0, 0.1) is 0 Å². The van der Waals surface area contributed by atoms with Gasteiger partial charge in [0.1, 0.15) is 0 Å². The Morgan fingerprint density at radius 2 is 1.89 bits per heavy atom. The molecule has 2 N–H and O–H groups in total. The Kier molecular flexibility index (Phi) is 5.91. The van der Waals surface area contributed by atoms with Crippen LogP contribution in [-0.2, 0) is 9.59 Å². The first-order valence-electron chi connectivity index (χ1n) is 6.13. The molecule has 1 aromatic carbocycles. The largest absolute Gasteiger partial charge is 0.481 e. The number of carbonyl (C=O) groups excluding carboxylic acids is 1. The van der Waals surface area contributed by atoms with Crippen molar-refractivity contribution in [3.8, 4) is 0 Å². The molecule has 4 nitrogen and oxygen atoms in total. The fraction of sp³-hybridized carbons (Fsp3) is 0.429. The van der Waals surface area contributed by atoms with Gasteiger partial charge in [-0.2, -0.15) is 0 Å². The van der Waals surface area contributed by atoms with E-state index in [1.807, 2.05) is 18.2 Å². The van der Waals surface area contributed by atoms with Crippen LogP contribution in [-0.4, -0.2) is 23.5 Å². The molecule has 18 heavy (non-hydrogen) atoms. The van der Waals surface area contributed by atoms with Gasteiger partial charge in [0.15, 0.2) is 0 Å². The Bertz CT molecular complexity index is 389. The molecule has 0 aliphatic heterocycles. The fourth-order valence-electron chi connectivity index (χ4n) is 1.69. The normalized spacial score (nSPS) is 11.8. The summed E-state index contributed by atoms with van der Waals surface area (Å²) in [4.78, 5) is 21.6. The molecular formula is C14H19NO3. The van der Waals surface area contributed by atoms with E-state index >= 15 is 0 Å². The first-order chi connectivity index (χ1) is 8.59.